The van der Waals surface area contributed by atoms with Gasteiger partial charge in [-0.25, -0.2) is 9.18 Å². The molecule has 0 saturated carbocycles. The molecular weight excluding hydrogens is 529 g/mol. The molecule has 1 aliphatic heterocycles. The van der Waals surface area contributed by atoms with E-state index in [0.717, 1.165) is 11.3 Å². The van der Waals surface area contributed by atoms with Crippen LogP contribution in [-0.2, 0) is 14.3 Å². The van der Waals surface area contributed by atoms with Gasteiger partial charge in [0.1, 0.15) is 5.82 Å². The topological polar surface area (TPSA) is 73.9 Å². The van der Waals surface area contributed by atoms with Crippen LogP contribution in [0.15, 0.2) is 63.4 Å². The average Bonchev–Trinajstić information content (AvgIpc) is 2.83. The van der Waals surface area contributed by atoms with Crippen LogP contribution in [0.2, 0.25) is 0 Å². The molecule has 2 aromatic carbocycles. The Morgan fingerprint density at radius 1 is 1.06 bits per heavy atom. The van der Waals surface area contributed by atoms with Gasteiger partial charge in [-0.3, -0.25) is 4.79 Å². The van der Waals surface area contributed by atoms with Crippen molar-refractivity contribution >= 4 is 27.7 Å². The molecule has 0 spiro atoms. The zero-order valence-electron chi connectivity index (χ0n) is 20.9. The van der Waals surface area contributed by atoms with Crippen LogP contribution in [0.1, 0.15) is 56.6 Å². The lowest BCUT2D eigenvalue weighted by atomic mass is 9.71. The first-order chi connectivity index (χ1) is 17.1. The van der Waals surface area contributed by atoms with Crippen LogP contribution in [0.25, 0.3) is 0 Å². The minimum Gasteiger partial charge on any atom is -0.493 e. The molecule has 190 valence electrons. The Labute approximate surface area is 218 Å². The Morgan fingerprint density at radius 2 is 1.75 bits per heavy atom. The Bertz CT molecular complexity index is 1280. The molecule has 0 saturated heterocycles. The Morgan fingerprint density at radius 3 is 2.39 bits per heavy atom. The number of hydrogen-bond acceptors (Lipinski definition) is 6. The van der Waals surface area contributed by atoms with Crippen molar-refractivity contribution in [2.24, 2.45) is 0 Å². The molecule has 0 bridgehead atoms. The zero-order chi connectivity index (χ0) is 26.1. The maximum Gasteiger partial charge on any atom is 0.337 e. The number of dihydropyridines is 1. The second-order valence-corrected chi connectivity index (χ2v) is 10.1. The van der Waals surface area contributed by atoms with E-state index in [-0.39, 0.29) is 28.7 Å². The quantitative estimate of drug-likeness (QED) is 0.444. The number of ether oxygens (including phenoxy) is 3. The van der Waals surface area contributed by atoms with E-state index >= 15 is 0 Å². The fraction of sp³-hybridized carbons (Fsp3) is 0.357. The predicted molar refractivity (Wildman–Crippen MR) is 137 cm³/mol. The van der Waals surface area contributed by atoms with E-state index in [1.54, 1.807) is 47.1 Å². The van der Waals surface area contributed by atoms with E-state index in [4.69, 9.17) is 14.2 Å². The summed E-state index contributed by atoms with van der Waals surface area (Å²) in [5.41, 5.74) is 3.86. The molecule has 0 aromatic heterocycles. The molecule has 0 fully saturated rings. The SMILES string of the molecule is COc1ccc([C@@H]2CC(=O)C3=C(C2)NC(C)=C(C(=O)OC(C)C)[C@H]3c2ccc(F)c(Br)c2)cc1OC. The molecule has 0 radical (unpaired) electrons. The van der Waals surface area contributed by atoms with Crippen LogP contribution < -0.4 is 14.8 Å². The molecule has 1 aliphatic carbocycles. The normalized spacial score (nSPS) is 19.7. The van der Waals surface area contributed by atoms with Crippen LogP contribution in [-0.4, -0.2) is 32.1 Å². The van der Waals surface area contributed by atoms with Crippen molar-refractivity contribution in [1.29, 1.82) is 0 Å². The highest BCUT2D eigenvalue weighted by Crippen LogP contribution is 2.47. The molecule has 1 heterocycles. The van der Waals surface area contributed by atoms with E-state index < -0.39 is 17.7 Å². The van der Waals surface area contributed by atoms with Gasteiger partial charge in [0.2, 0.25) is 0 Å². The molecule has 8 heteroatoms. The minimum absolute atomic E-state index is 0.0728. The maximum absolute atomic E-state index is 14.1. The summed E-state index contributed by atoms with van der Waals surface area (Å²) in [6, 6.07) is 10.2. The van der Waals surface area contributed by atoms with Crippen molar-refractivity contribution in [3.05, 3.63) is 80.4 Å². The third-order valence-corrected chi connectivity index (χ3v) is 7.15. The Balaban J connectivity index is 1.79. The van der Waals surface area contributed by atoms with Crippen molar-refractivity contribution in [3.8, 4) is 11.5 Å². The third-order valence-electron chi connectivity index (χ3n) is 6.55. The number of Topliss-reactive ketones (excluding diaryl/α,β-unsaturated/α-hetero) is 1. The van der Waals surface area contributed by atoms with Gasteiger partial charge in [0, 0.05) is 29.3 Å². The van der Waals surface area contributed by atoms with E-state index in [2.05, 4.69) is 21.2 Å². The van der Waals surface area contributed by atoms with E-state index in [1.807, 2.05) is 18.2 Å². The highest BCUT2D eigenvalue weighted by atomic mass is 79.9. The van der Waals surface area contributed by atoms with E-state index in [1.165, 1.54) is 6.07 Å². The van der Waals surface area contributed by atoms with Gasteiger partial charge in [-0.1, -0.05) is 12.1 Å². The molecule has 36 heavy (non-hydrogen) atoms. The fourth-order valence-electron chi connectivity index (χ4n) is 4.95. The summed E-state index contributed by atoms with van der Waals surface area (Å²) in [5, 5.41) is 3.33. The van der Waals surface area contributed by atoms with Crippen LogP contribution in [0, 0.1) is 5.82 Å². The van der Waals surface area contributed by atoms with Gasteiger partial charge in [0.25, 0.3) is 0 Å². The number of esters is 1. The van der Waals surface area contributed by atoms with Gasteiger partial charge < -0.3 is 19.5 Å². The number of nitrogens with one attached hydrogen (secondary N) is 1. The second kappa shape index (κ2) is 10.5. The summed E-state index contributed by atoms with van der Waals surface area (Å²) in [6.07, 6.45) is 0.505. The molecule has 6 nitrogen and oxygen atoms in total. The molecule has 2 aliphatic rings. The first-order valence-corrected chi connectivity index (χ1v) is 12.6. The van der Waals surface area contributed by atoms with Crippen molar-refractivity contribution in [2.45, 2.75) is 51.6 Å². The molecule has 0 unspecified atom stereocenters. The van der Waals surface area contributed by atoms with Gasteiger partial charge in [0.05, 0.1) is 30.4 Å². The van der Waals surface area contributed by atoms with Crippen molar-refractivity contribution in [1.82, 2.24) is 5.32 Å². The van der Waals surface area contributed by atoms with Gasteiger partial charge in [-0.15, -0.1) is 0 Å². The summed E-state index contributed by atoms with van der Waals surface area (Å²) in [6.45, 7) is 5.35. The number of rotatable bonds is 6. The first-order valence-electron chi connectivity index (χ1n) is 11.8. The Hall–Kier alpha value is -3.13. The highest BCUT2D eigenvalue weighted by Gasteiger charge is 2.41. The van der Waals surface area contributed by atoms with Gasteiger partial charge in [0.15, 0.2) is 17.3 Å². The minimum atomic E-state index is -0.664. The average molecular weight is 558 g/mol. The van der Waals surface area contributed by atoms with Crippen LogP contribution >= 0.6 is 15.9 Å². The number of halogens is 2. The van der Waals surface area contributed by atoms with Crippen LogP contribution in [0.3, 0.4) is 0 Å². The lowest BCUT2D eigenvalue weighted by Crippen LogP contribution is -2.36. The summed E-state index contributed by atoms with van der Waals surface area (Å²) >= 11 is 3.25. The number of allylic oxidation sites excluding steroid dienone is 3. The maximum atomic E-state index is 14.1. The molecule has 1 N–H and O–H groups in total. The van der Waals surface area contributed by atoms with E-state index in [0.29, 0.717) is 40.3 Å². The smallest absolute Gasteiger partial charge is 0.337 e. The largest absolute Gasteiger partial charge is 0.493 e. The number of carbonyl (C=O) groups is 2. The molecule has 4 rings (SSSR count). The van der Waals surface area contributed by atoms with Gasteiger partial charge >= 0.3 is 5.97 Å². The lowest BCUT2D eigenvalue weighted by molar-refractivity contribution is -0.143. The standard InChI is InChI=1S/C28H29BrFNO5/c1-14(2)36-28(33)25-15(3)31-21-11-18(16-7-9-23(34-4)24(13-16)35-5)12-22(32)27(21)26(25)17-6-8-20(30)19(29)10-17/h6-10,13-14,18,26,31H,11-12H2,1-5H3/t18-,26+/m0/s1. The number of hydrogen-bond donors (Lipinski definition) is 1. The summed E-state index contributed by atoms with van der Waals surface area (Å²) in [4.78, 5) is 26.9. The third kappa shape index (κ3) is 4.91. The monoisotopic (exact) mass is 557 g/mol. The fourth-order valence-corrected chi connectivity index (χ4v) is 5.35. The summed E-state index contributed by atoms with van der Waals surface area (Å²) in [5.74, 6) is -0.518. The van der Waals surface area contributed by atoms with Gasteiger partial charge in [-0.2, -0.15) is 0 Å². The van der Waals surface area contributed by atoms with Crippen molar-refractivity contribution in [2.75, 3.05) is 14.2 Å². The Kier molecular flexibility index (Phi) is 7.54. The van der Waals surface area contributed by atoms with Crippen molar-refractivity contribution < 1.29 is 28.2 Å². The number of ketones is 1. The van der Waals surface area contributed by atoms with Crippen molar-refractivity contribution in [3.63, 3.8) is 0 Å². The summed E-state index contributed by atoms with van der Waals surface area (Å²) in [7, 11) is 3.16. The van der Waals surface area contributed by atoms with E-state index in [9.17, 15) is 14.0 Å². The second-order valence-electron chi connectivity index (χ2n) is 9.26. The van der Waals surface area contributed by atoms with Crippen LogP contribution in [0.5, 0.6) is 11.5 Å². The molecular formula is C28H29BrFNO5. The van der Waals surface area contributed by atoms with Crippen LogP contribution in [0.4, 0.5) is 4.39 Å². The molecule has 2 aromatic rings. The number of methoxy groups -OCH3 is 2. The lowest BCUT2D eigenvalue weighted by Gasteiger charge is -2.37. The molecule has 0 amide bonds. The number of benzene rings is 2. The molecule has 2 atom stereocenters. The zero-order valence-corrected chi connectivity index (χ0v) is 22.5. The first kappa shape index (κ1) is 25.9. The summed E-state index contributed by atoms with van der Waals surface area (Å²) < 4.78 is 30.7. The predicted octanol–water partition coefficient (Wildman–Crippen LogP) is 5.92. The number of carbonyl (C=O) groups excluding carboxylic acids is 2. The van der Waals surface area contributed by atoms with Gasteiger partial charge in [-0.05, 0) is 84.4 Å². The highest BCUT2D eigenvalue weighted by molar-refractivity contribution is 9.10.